The van der Waals surface area contributed by atoms with Crippen molar-refractivity contribution in [3.05, 3.63) is 0 Å². The number of unbranched alkanes of at least 4 members (excludes halogenated alkanes) is 42. The maximum absolute atomic E-state index is 8.70. The van der Waals surface area contributed by atoms with Crippen LogP contribution in [0.5, 0.6) is 0 Å². The molecule has 0 aliphatic heterocycles. The highest BCUT2D eigenvalue weighted by atomic mass is 31.1. The van der Waals surface area contributed by atoms with Crippen molar-refractivity contribution in [2.24, 2.45) is 0 Å². The molecule has 4 heteroatoms. The summed E-state index contributed by atoms with van der Waals surface area (Å²) in [6.45, 7) is 27.2. The van der Waals surface area contributed by atoms with Gasteiger partial charge in [-0.2, -0.15) is 0 Å². The summed E-state index contributed by atoms with van der Waals surface area (Å²) >= 11 is 0. The molecule has 0 heterocycles. The lowest BCUT2D eigenvalue weighted by molar-refractivity contribution is 0.405. The van der Waals surface area contributed by atoms with Crippen molar-refractivity contribution < 1.29 is 14.4 Å². The van der Waals surface area contributed by atoms with Gasteiger partial charge >= 0.3 is 8.25 Å². The van der Waals surface area contributed by atoms with E-state index in [-0.39, 0.29) is 0 Å². The van der Waals surface area contributed by atoms with Gasteiger partial charge in [0.25, 0.3) is 0 Å². The van der Waals surface area contributed by atoms with E-state index in [1.165, 1.54) is 308 Å². The number of hydrogen-bond acceptors (Lipinski definition) is 1. The Balaban J connectivity index is -0.000000120. The third kappa shape index (κ3) is 131. The van der Waals surface area contributed by atoms with Crippen LogP contribution in [0.4, 0.5) is 0 Å². The lowest BCUT2D eigenvalue weighted by Crippen LogP contribution is -1.77. The fourth-order valence-electron chi connectivity index (χ4n) is 7.24. The lowest BCUT2D eigenvalue weighted by atomic mass is 10.1. The second-order valence-corrected chi connectivity index (χ2v) is 19.5. The van der Waals surface area contributed by atoms with E-state index >= 15 is 0 Å². The van der Waals surface area contributed by atoms with Crippen LogP contribution in [0.2, 0.25) is 0 Å². The molecule has 0 aliphatic rings. The van der Waals surface area contributed by atoms with Crippen molar-refractivity contribution in [1.82, 2.24) is 0 Å². The normalized spacial score (nSPS) is 9.97. The summed E-state index contributed by atoms with van der Waals surface area (Å²) in [5.74, 6) is 0. The summed E-state index contributed by atoms with van der Waals surface area (Å²) in [6, 6.07) is 0. The molecule has 396 valence electrons. The first-order chi connectivity index (χ1) is 31.2. The molecule has 0 radical (unpaired) electrons. The zero-order valence-corrected chi connectivity index (χ0v) is 48.6. The molecule has 0 rings (SSSR count). The molecule has 0 aromatic heterocycles. The van der Waals surface area contributed by atoms with Crippen molar-refractivity contribution >= 4 is 8.25 Å². The molecular weight excluding hydrogens is 800 g/mol. The zero-order valence-electron chi connectivity index (χ0n) is 47.7. The Bertz CT molecular complexity index is 466. The molecular formula is C60H134O3P+. The molecule has 3 nitrogen and oxygen atoms in total. The Kier molecular flexibility index (Phi) is 114. The van der Waals surface area contributed by atoms with Crippen LogP contribution in [0, 0.1) is 0 Å². The minimum absolute atomic E-state index is 1.37. The average Bonchev–Trinajstić information content (AvgIpc) is 3.29. The molecule has 0 aromatic carbocycles. The van der Waals surface area contributed by atoms with E-state index < -0.39 is 8.25 Å². The van der Waals surface area contributed by atoms with E-state index in [1.807, 2.05) is 0 Å². The predicted octanol–water partition coefficient (Wildman–Crippen LogP) is 24.5. The van der Waals surface area contributed by atoms with Gasteiger partial charge in [-0.15, -0.1) is 9.79 Å². The molecule has 0 amide bonds. The molecule has 0 atom stereocenters. The molecule has 0 saturated heterocycles. The first-order valence-corrected chi connectivity index (χ1v) is 31.2. The number of rotatable bonds is 42. The first kappa shape index (κ1) is 78.2. The van der Waals surface area contributed by atoms with Crippen LogP contribution in [-0.4, -0.2) is 9.79 Å². The molecule has 0 fully saturated rings. The smallest absolute Gasteiger partial charge is 0.134 e. The maximum atomic E-state index is 8.70. The van der Waals surface area contributed by atoms with Crippen molar-refractivity contribution in [3.8, 4) is 0 Å². The Morgan fingerprint density at radius 2 is 0.219 bits per heavy atom. The molecule has 64 heavy (non-hydrogen) atoms. The SMILES string of the molecule is CCCCCCCCCC.CCCCCCCCCC.CCCCCCCCCC.CCCCCCCCCC.CCCCCCCCCC.CCCCCCCCCC.O=[P+](O)O. The molecule has 0 unspecified atom stereocenters. The van der Waals surface area contributed by atoms with E-state index in [0.717, 1.165) is 0 Å². The van der Waals surface area contributed by atoms with Crippen LogP contribution in [0.15, 0.2) is 0 Å². The zero-order chi connectivity index (χ0) is 49.5. The average molecular weight is 935 g/mol. The molecule has 0 bridgehead atoms. The van der Waals surface area contributed by atoms with Gasteiger partial charge in [0.2, 0.25) is 0 Å². The molecule has 0 saturated carbocycles. The van der Waals surface area contributed by atoms with Crippen LogP contribution in [0.3, 0.4) is 0 Å². The van der Waals surface area contributed by atoms with E-state index in [0.29, 0.717) is 0 Å². The van der Waals surface area contributed by atoms with Gasteiger partial charge in [0.1, 0.15) is 0 Å². The van der Waals surface area contributed by atoms with E-state index in [4.69, 9.17) is 14.4 Å². The van der Waals surface area contributed by atoms with Crippen molar-refractivity contribution in [2.45, 2.75) is 391 Å². The Morgan fingerprint density at radius 1 is 0.172 bits per heavy atom. The van der Waals surface area contributed by atoms with Crippen molar-refractivity contribution in [1.29, 1.82) is 0 Å². The quantitative estimate of drug-likeness (QED) is 0.0474. The third-order valence-corrected chi connectivity index (χ3v) is 11.7. The topological polar surface area (TPSA) is 57.5 Å². The summed E-state index contributed by atoms with van der Waals surface area (Å²) in [6.07, 6.45) is 68.8. The Labute approximate surface area is 412 Å². The molecule has 0 aliphatic carbocycles. The monoisotopic (exact) mass is 934 g/mol. The molecule has 0 aromatic rings. The summed E-state index contributed by atoms with van der Waals surface area (Å²) in [5, 5.41) is 0. The highest BCUT2D eigenvalue weighted by molar-refractivity contribution is 7.30. The van der Waals surface area contributed by atoms with Gasteiger partial charge in [-0.1, -0.05) is 391 Å². The van der Waals surface area contributed by atoms with Crippen LogP contribution >= 0.6 is 8.25 Å². The third-order valence-electron chi connectivity index (χ3n) is 11.7. The van der Waals surface area contributed by atoms with Crippen LogP contribution in [0.25, 0.3) is 0 Å². The van der Waals surface area contributed by atoms with Gasteiger partial charge in [-0.25, -0.2) is 0 Å². The van der Waals surface area contributed by atoms with Gasteiger partial charge in [0.15, 0.2) is 0 Å². The summed E-state index contributed by atoms with van der Waals surface area (Å²) in [7, 11) is -2.87. The van der Waals surface area contributed by atoms with Gasteiger partial charge in [-0.3, -0.25) is 0 Å². The summed E-state index contributed by atoms with van der Waals surface area (Å²) in [4.78, 5) is 14.2. The minimum Gasteiger partial charge on any atom is -0.134 e. The van der Waals surface area contributed by atoms with E-state index in [1.54, 1.807) is 0 Å². The predicted molar refractivity (Wildman–Crippen MR) is 302 cm³/mol. The lowest BCUT2D eigenvalue weighted by Gasteiger charge is -1.97. The van der Waals surface area contributed by atoms with Gasteiger partial charge < -0.3 is 0 Å². The highest BCUT2D eigenvalue weighted by Crippen LogP contribution is 2.11. The summed E-state index contributed by atoms with van der Waals surface area (Å²) < 4.78 is 8.70. The second kappa shape index (κ2) is 93.1. The van der Waals surface area contributed by atoms with E-state index in [9.17, 15) is 0 Å². The number of hydrogen-bond donors (Lipinski definition) is 2. The molecule has 2 N–H and O–H groups in total. The van der Waals surface area contributed by atoms with Crippen molar-refractivity contribution in [2.75, 3.05) is 0 Å². The second-order valence-electron chi connectivity index (χ2n) is 19.0. The maximum Gasteiger partial charge on any atom is 0.692 e. The van der Waals surface area contributed by atoms with Crippen LogP contribution < -0.4 is 0 Å². The first-order valence-electron chi connectivity index (χ1n) is 30.1. The van der Waals surface area contributed by atoms with Gasteiger partial charge in [0, 0.05) is 4.57 Å². The van der Waals surface area contributed by atoms with Crippen LogP contribution in [0.1, 0.15) is 391 Å². The standard InChI is InChI=1S/6C10H22.HO3P/c6*1-3-5-7-9-10-8-6-4-2;1-4(2)3/h6*3-10H2,1-2H3;(H-,1,2,3)/p+1. The van der Waals surface area contributed by atoms with Gasteiger partial charge in [-0.05, 0) is 0 Å². The Hall–Kier alpha value is 0.0200. The van der Waals surface area contributed by atoms with Crippen LogP contribution in [-0.2, 0) is 4.57 Å². The largest absolute Gasteiger partial charge is 0.692 e. The van der Waals surface area contributed by atoms with Crippen molar-refractivity contribution in [3.63, 3.8) is 0 Å². The Morgan fingerprint density at radius 3 is 0.266 bits per heavy atom. The highest BCUT2D eigenvalue weighted by Gasteiger charge is 1.93. The molecule has 0 spiro atoms. The minimum atomic E-state index is -2.87. The fourth-order valence-corrected chi connectivity index (χ4v) is 7.24. The van der Waals surface area contributed by atoms with Gasteiger partial charge in [0.05, 0.1) is 0 Å². The fraction of sp³-hybridized carbons (Fsp3) is 1.00. The van der Waals surface area contributed by atoms with E-state index in [2.05, 4.69) is 83.1 Å². The summed E-state index contributed by atoms with van der Waals surface area (Å²) in [5.41, 5.74) is 0.